The molecule has 0 bridgehead atoms. The van der Waals surface area contributed by atoms with E-state index in [0.717, 1.165) is 44.4 Å². The van der Waals surface area contributed by atoms with E-state index in [-0.39, 0.29) is 0 Å². The molecule has 0 spiro atoms. The number of nitriles is 1. The van der Waals surface area contributed by atoms with Gasteiger partial charge < -0.3 is 0 Å². The Morgan fingerprint density at radius 3 is 1.52 bits per heavy atom. The van der Waals surface area contributed by atoms with E-state index in [0.29, 0.717) is 22.6 Å². The lowest BCUT2D eigenvalue weighted by Crippen LogP contribution is -1.90. The van der Waals surface area contributed by atoms with Gasteiger partial charge in [0.2, 0.25) is 0 Å². The summed E-state index contributed by atoms with van der Waals surface area (Å²) in [7, 11) is 0. The molecule has 0 fully saturated rings. The number of hydrogen-bond donors (Lipinski definition) is 0. The number of aromatic nitrogens is 4. The maximum absolute atomic E-state index is 9.27. The van der Waals surface area contributed by atoms with Crippen molar-refractivity contribution in [3.63, 3.8) is 0 Å². The SMILES string of the molecule is [C-]#[N+]c1ccnc(-c2ccc(-c3ccc4c5ccccc5c5ccc(-c6ccc(-c7cc(C#N)ccn7)nc6)cc5c4c3)cn2)c1. The Hall–Kier alpha value is -6.76. The van der Waals surface area contributed by atoms with Crippen LogP contribution in [0, 0.1) is 17.9 Å². The van der Waals surface area contributed by atoms with Crippen molar-refractivity contribution in [3.05, 3.63) is 151 Å². The van der Waals surface area contributed by atoms with Gasteiger partial charge in [0.1, 0.15) is 0 Å². The summed E-state index contributed by atoms with van der Waals surface area (Å²) >= 11 is 0. The Kier molecular flexibility index (Phi) is 6.45. The highest BCUT2D eigenvalue weighted by molar-refractivity contribution is 6.26. The van der Waals surface area contributed by atoms with Crippen molar-refractivity contribution < 1.29 is 0 Å². The second-order valence-electron chi connectivity index (χ2n) is 11.0. The minimum Gasteiger partial charge on any atom is -0.257 e. The smallest absolute Gasteiger partial charge is 0.190 e. The van der Waals surface area contributed by atoms with Crippen LogP contribution in [0.1, 0.15) is 5.56 Å². The zero-order valence-corrected chi connectivity index (χ0v) is 24.4. The van der Waals surface area contributed by atoms with E-state index >= 15 is 0 Å². The highest BCUT2D eigenvalue weighted by atomic mass is 14.8. The molecule has 8 rings (SSSR count). The molecule has 0 aliphatic rings. The second kappa shape index (κ2) is 11.1. The van der Waals surface area contributed by atoms with Crippen LogP contribution >= 0.6 is 0 Å². The van der Waals surface area contributed by atoms with Crippen molar-refractivity contribution in [3.8, 4) is 51.1 Å². The van der Waals surface area contributed by atoms with Gasteiger partial charge in [0.15, 0.2) is 5.69 Å². The van der Waals surface area contributed by atoms with E-state index in [9.17, 15) is 5.26 Å². The second-order valence-corrected chi connectivity index (χ2v) is 11.0. The predicted molar refractivity (Wildman–Crippen MR) is 183 cm³/mol. The molecule has 6 nitrogen and oxygen atoms in total. The molecule has 4 heterocycles. The quantitative estimate of drug-likeness (QED) is 0.151. The van der Waals surface area contributed by atoms with Crippen LogP contribution in [-0.4, -0.2) is 19.9 Å². The zero-order valence-electron chi connectivity index (χ0n) is 24.4. The van der Waals surface area contributed by atoms with E-state index in [4.69, 9.17) is 11.6 Å². The van der Waals surface area contributed by atoms with Crippen LogP contribution in [0.25, 0.3) is 82.2 Å². The third-order valence-electron chi connectivity index (χ3n) is 8.32. The third kappa shape index (κ3) is 4.68. The number of rotatable bonds is 4. The first-order valence-corrected chi connectivity index (χ1v) is 14.7. The molecule has 0 saturated carbocycles. The molecule has 0 atom stereocenters. The third-order valence-corrected chi connectivity index (χ3v) is 8.32. The molecule has 0 aliphatic carbocycles. The summed E-state index contributed by atoms with van der Waals surface area (Å²) in [5.74, 6) is 0. The molecular weight excluding hydrogens is 564 g/mol. The van der Waals surface area contributed by atoms with Crippen LogP contribution in [0.3, 0.4) is 0 Å². The predicted octanol–water partition coefficient (Wildman–Crippen LogP) is 9.82. The molecule has 46 heavy (non-hydrogen) atoms. The zero-order chi connectivity index (χ0) is 31.0. The Morgan fingerprint density at radius 1 is 0.478 bits per heavy atom. The molecular formula is C40H22N6. The summed E-state index contributed by atoms with van der Waals surface area (Å²) in [5.41, 5.74) is 8.01. The first kappa shape index (κ1) is 26.8. The Labute approximate surface area is 264 Å². The minimum atomic E-state index is 0.540. The van der Waals surface area contributed by atoms with Gasteiger partial charge in [-0.05, 0) is 92.0 Å². The molecule has 0 amide bonds. The largest absolute Gasteiger partial charge is 0.257 e. The van der Waals surface area contributed by atoms with Crippen molar-refractivity contribution in [2.45, 2.75) is 0 Å². The van der Waals surface area contributed by atoms with Crippen molar-refractivity contribution in [1.29, 1.82) is 5.26 Å². The lowest BCUT2D eigenvalue weighted by Gasteiger charge is -2.14. The van der Waals surface area contributed by atoms with Gasteiger partial charge in [-0.2, -0.15) is 5.26 Å². The fraction of sp³-hybridized carbons (Fsp3) is 0. The molecule has 8 aromatic rings. The maximum Gasteiger partial charge on any atom is 0.190 e. The van der Waals surface area contributed by atoms with E-state index < -0.39 is 0 Å². The standard InChI is InChI=1S/C40H22N6/c1-42-30-15-17-44-40(21-30)38-13-9-29(24-46-38)27-7-11-34-32-5-3-2-4-31(32)33-10-6-26(19-35(33)36(34)20-27)28-8-12-37(45-23-28)39-18-25(22-41)14-16-43-39/h2-21,23-24H. The van der Waals surface area contributed by atoms with Gasteiger partial charge in [-0.25, -0.2) is 4.85 Å². The number of fused-ring (bicyclic) bond motifs is 6. The maximum atomic E-state index is 9.27. The summed E-state index contributed by atoms with van der Waals surface area (Å²) in [4.78, 5) is 21.7. The van der Waals surface area contributed by atoms with Gasteiger partial charge in [0.25, 0.3) is 0 Å². The Balaban J connectivity index is 1.24. The first-order valence-electron chi connectivity index (χ1n) is 14.7. The van der Waals surface area contributed by atoms with Crippen LogP contribution in [-0.2, 0) is 0 Å². The summed E-state index contributed by atoms with van der Waals surface area (Å²) in [6.07, 6.45) is 7.00. The van der Waals surface area contributed by atoms with Crippen LogP contribution < -0.4 is 0 Å². The average Bonchev–Trinajstić information content (AvgIpc) is 3.14. The topological polar surface area (TPSA) is 79.7 Å². The molecule has 0 saturated heterocycles. The molecule has 0 radical (unpaired) electrons. The molecule has 212 valence electrons. The van der Waals surface area contributed by atoms with E-state index in [2.05, 4.69) is 98.7 Å². The molecule has 4 aromatic carbocycles. The van der Waals surface area contributed by atoms with Gasteiger partial charge in [0, 0.05) is 35.9 Å². The van der Waals surface area contributed by atoms with Crippen molar-refractivity contribution in [1.82, 2.24) is 19.9 Å². The Bertz CT molecular complexity index is 2360. The van der Waals surface area contributed by atoms with Crippen LogP contribution in [0.4, 0.5) is 5.69 Å². The van der Waals surface area contributed by atoms with Crippen LogP contribution in [0.2, 0.25) is 0 Å². The molecule has 4 aromatic heterocycles. The van der Waals surface area contributed by atoms with Gasteiger partial charge >= 0.3 is 0 Å². The summed E-state index contributed by atoms with van der Waals surface area (Å²) in [6, 6.07) is 38.8. The fourth-order valence-electron chi connectivity index (χ4n) is 6.02. The van der Waals surface area contributed by atoms with Gasteiger partial charge in [-0.3, -0.25) is 19.9 Å². The lowest BCUT2D eigenvalue weighted by atomic mass is 9.90. The lowest BCUT2D eigenvalue weighted by molar-refractivity contribution is 1.24. The molecule has 6 heteroatoms. The highest BCUT2D eigenvalue weighted by Crippen LogP contribution is 2.39. The van der Waals surface area contributed by atoms with Crippen LogP contribution in [0.5, 0.6) is 0 Å². The van der Waals surface area contributed by atoms with Crippen molar-refractivity contribution >= 4 is 38.0 Å². The molecule has 0 N–H and O–H groups in total. The first-order chi connectivity index (χ1) is 22.7. The monoisotopic (exact) mass is 586 g/mol. The Morgan fingerprint density at radius 2 is 1.00 bits per heavy atom. The number of nitrogens with zero attached hydrogens (tertiary/aromatic N) is 6. The van der Waals surface area contributed by atoms with E-state index in [1.807, 2.05) is 24.5 Å². The number of benzene rings is 4. The van der Waals surface area contributed by atoms with Crippen molar-refractivity contribution in [2.75, 3.05) is 0 Å². The number of pyridine rings is 4. The fourth-order valence-corrected chi connectivity index (χ4v) is 6.02. The van der Waals surface area contributed by atoms with Crippen LogP contribution in [0.15, 0.2) is 134 Å². The van der Waals surface area contributed by atoms with Crippen molar-refractivity contribution in [2.24, 2.45) is 0 Å². The average molecular weight is 587 g/mol. The van der Waals surface area contributed by atoms with E-state index in [1.165, 1.54) is 21.5 Å². The van der Waals surface area contributed by atoms with Gasteiger partial charge in [-0.15, -0.1) is 0 Å². The normalized spacial score (nSPS) is 11.0. The summed E-state index contributed by atoms with van der Waals surface area (Å²) < 4.78 is 0. The van der Waals surface area contributed by atoms with Gasteiger partial charge in [-0.1, -0.05) is 60.7 Å². The molecule has 0 unspecified atom stereocenters. The minimum absolute atomic E-state index is 0.540. The van der Waals surface area contributed by atoms with E-state index in [1.54, 1.807) is 36.7 Å². The molecule has 0 aliphatic heterocycles. The summed E-state index contributed by atoms with van der Waals surface area (Å²) in [6.45, 7) is 7.30. The number of hydrogen-bond acceptors (Lipinski definition) is 5. The highest BCUT2D eigenvalue weighted by Gasteiger charge is 2.13. The summed E-state index contributed by atoms with van der Waals surface area (Å²) in [5, 5.41) is 16.4. The van der Waals surface area contributed by atoms with Gasteiger partial charge in [0.05, 0.1) is 41.0 Å².